The molecule has 1 amide bonds. The SMILES string of the molecule is COc1ccc(Br)c(NC2CC(NC(=O)OCc3ccccc3)C2)c1. The summed E-state index contributed by atoms with van der Waals surface area (Å²) in [4.78, 5) is 11.8. The van der Waals surface area contributed by atoms with Gasteiger partial charge in [0.2, 0.25) is 0 Å². The minimum absolute atomic E-state index is 0.144. The second-order valence-corrected chi connectivity index (χ2v) is 6.92. The molecule has 0 unspecified atom stereocenters. The number of benzene rings is 2. The fourth-order valence-electron chi connectivity index (χ4n) is 2.75. The van der Waals surface area contributed by atoms with Crippen molar-refractivity contribution in [2.75, 3.05) is 12.4 Å². The van der Waals surface area contributed by atoms with E-state index in [1.54, 1.807) is 7.11 Å². The molecule has 0 aliphatic heterocycles. The highest BCUT2D eigenvalue weighted by molar-refractivity contribution is 9.10. The Morgan fingerprint density at radius 3 is 2.64 bits per heavy atom. The molecule has 2 N–H and O–H groups in total. The summed E-state index contributed by atoms with van der Waals surface area (Å²) in [5.41, 5.74) is 1.98. The summed E-state index contributed by atoms with van der Waals surface area (Å²) in [6.07, 6.45) is 1.36. The van der Waals surface area contributed by atoms with Crippen LogP contribution in [0.3, 0.4) is 0 Å². The lowest BCUT2D eigenvalue weighted by atomic mass is 9.86. The van der Waals surface area contributed by atoms with E-state index in [9.17, 15) is 4.79 Å². The number of halogens is 1. The van der Waals surface area contributed by atoms with Gasteiger partial charge in [-0.05, 0) is 46.5 Å². The van der Waals surface area contributed by atoms with Gasteiger partial charge in [0.05, 0.1) is 12.8 Å². The number of anilines is 1. The fraction of sp³-hybridized carbons (Fsp3) is 0.316. The Bertz CT molecular complexity index is 718. The van der Waals surface area contributed by atoms with Crippen LogP contribution in [0.2, 0.25) is 0 Å². The van der Waals surface area contributed by atoms with Crippen molar-refractivity contribution in [3.63, 3.8) is 0 Å². The van der Waals surface area contributed by atoms with Gasteiger partial charge in [0, 0.05) is 22.6 Å². The van der Waals surface area contributed by atoms with Crippen LogP contribution in [0.15, 0.2) is 53.0 Å². The Kier molecular flexibility index (Phi) is 5.81. The monoisotopic (exact) mass is 404 g/mol. The highest BCUT2D eigenvalue weighted by Gasteiger charge is 2.31. The lowest BCUT2D eigenvalue weighted by molar-refractivity contribution is 0.129. The number of methoxy groups -OCH3 is 1. The number of carbonyl (C=O) groups excluding carboxylic acids is 1. The van der Waals surface area contributed by atoms with Gasteiger partial charge in [0.15, 0.2) is 0 Å². The van der Waals surface area contributed by atoms with Crippen LogP contribution in [0.4, 0.5) is 10.5 Å². The van der Waals surface area contributed by atoms with Crippen LogP contribution in [0.1, 0.15) is 18.4 Å². The molecule has 1 saturated carbocycles. The second kappa shape index (κ2) is 8.25. The second-order valence-electron chi connectivity index (χ2n) is 6.06. The third kappa shape index (κ3) is 4.89. The van der Waals surface area contributed by atoms with Crippen molar-refractivity contribution in [2.45, 2.75) is 31.5 Å². The van der Waals surface area contributed by atoms with Crippen molar-refractivity contribution in [1.29, 1.82) is 0 Å². The molecule has 0 saturated heterocycles. The molecule has 1 fully saturated rings. The van der Waals surface area contributed by atoms with Gasteiger partial charge in [-0.25, -0.2) is 4.79 Å². The molecule has 6 heteroatoms. The Balaban J connectivity index is 1.40. The molecule has 0 aromatic heterocycles. The first-order valence-electron chi connectivity index (χ1n) is 8.21. The van der Waals surface area contributed by atoms with Crippen molar-refractivity contribution < 1.29 is 14.3 Å². The molecule has 1 aliphatic rings. The Morgan fingerprint density at radius 1 is 1.16 bits per heavy atom. The van der Waals surface area contributed by atoms with Gasteiger partial charge in [-0.1, -0.05) is 30.3 Å². The van der Waals surface area contributed by atoms with E-state index in [1.807, 2.05) is 48.5 Å². The lowest BCUT2D eigenvalue weighted by Gasteiger charge is -2.36. The maximum absolute atomic E-state index is 11.8. The van der Waals surface area contributed by atoms with Gasteiger partial charge in [-0.3, -0.25) is 0 Å². The molecule has 2 aromatic carbocycles. The number of nitrogens with one attached hydrogen (secondary N) is 2. The first kappa shape index (κ1) is 17.6. The standard InChI is InChI=1S/C19H21BrN2O3/c1-24-16-7-8-17(20)18(11-16)21-14-9-15(10-14)22-19(23)25-12-13-5-3-2-4-6-13/h2-8,11,14-15,21H,9-10,12H2,1H3,(H,22,23). The highest BCUT2D eigenvalue weighted by atomic mass is 79.9. The summed E-state index contributed by atoms with van der Waals surface area (Å²) in [6.45, 7) is 0.290. The molecule has 0 atom stereocenters. The first-order chi connectivity index (χ1) is 12.1. The normalized spacial score (nSPS) is 18.8. The van der Waals surface area contributed by atoms with Crippen LogP contribution in [0.5, 0.6) is 5.75 Å². The third-order valence-electron chi connectivity index (χ3n) is 4.21. The van der Waals surface area contributed by atoms with Crippen molar-refractivity contribution in [2.24, 2.45) is 0 Å². The van der Waals surface area contributed by atoms with Gasteiger partial charge in [0.1, 0.15) is 12.4 Å². The molecular formula is C19H21BrN2O3. The van der Waals surface area contributed by atoms with Crippen LogP contribution >= 0.6 is 15.9 Å². The number of rotatable bonds is 6. The minimum Gasteiger partial charge on any atom is -0.497 e. The van der Waals surface area contributed by atoms with Crippen molar-refractivity contribution in [3.05, 3.63) is 58.6 Å². The third-order valence-corrected chi connectivity index (χ3v) is 4.90. The fourth-order valence-corrected chi connectivity index (χ4v) is 3.11. The summed E-state index contributed by atoms with van der Waals surface area (Å²) in [6, 6.07) is 15.9. The zero-order chi connectivity index (χ0) is 17.6. The molecule has 132 valence electrons. The topological polar surface area (TPSA) is 59.6 Å². The van der Waals surface area contributed by atoms with Gasteiger partial charge >= 0.3 is 6.09 Å². The summed E-state index contributed by atoms with van der Waals surface area (Å²) in [5, 5.41) is 6.37. The van der Waals surface area contributed by atoms with E-state index in [1.165, 1.54) is 0 Å². The smallest absolute Gasteiger partial charge is 0.407 e. The molecule has 1 aliphatic carbocycles. The average molecular weight is 405 g/mol. The van der Waals surface area contributed by atoms with Crippen LogP contribution in [0.25, 0.3) is 0 Å². The maximum atomic E-state index is 11.8. The quantitative estimate of drug-likeness (QED) is 0.751. The molecule has 2 aromatic rings. The molecule has 25 heavy (non-hydrogen) atoms. The minimum atomic E-state index is -0.366. The van der Waals surface area contributed by atoms with E-state index in [0.717, 1.165) is 34.3 Å². The number of amides is 1. The summed E-state index contributed by atoms with van der Waals surface area (Å²) in [5.74, 6) is 0.809. The van der Waals surface area contributed by atoms with Gasteiger partial charge in [-0.2, -0.15) is 0 Å². The number of alkyl carbamates (subject to hydrolysis) is 1. The Hall–Kier alpha value is -2.21. The molecule has 5 nitrogen and oxygen atoms in total. The zero-order valence-electron chi connectivity index (χ0n) is 14.0. The van der Waals surface area contributed by atoms with Gasteiger partial charge in [-0.15, -0.1) is 0 Å². The molecule has 0 heterocycles. The Morgan fingerprint density at radius 2 is 1.92 bits per heavy atom. The number of carbonyl (C=O) groups is 1. The summed E-state index contributed by atoms with van der Waals surface area (Å²) in [7, 11) is 1.65. The van der Waals surface area contributed by atoms with Crippen LogP contribution in [-0.4, -0.2) is 25.3 Å². The van der Waals surface area contributed by atoms with E-state index in [2.05, 4.69) is 26.6 Å². The van der Waals surface area contributed by atoms with Crippen molar-refractivity contribution in [1.82, 2.24) is 5.32 Å². The van der Waals surface area contributed by atoms with E-state index >= 15 is 0 Å². The maximum Gasteiger partial charge on any atom is 0.407 e. The number of ether oxygens (including phenoxy) is 2. The predicted molar refractivity (Wildman–Crippen MR) is 101 cm³/mol. The van der Waals surface area contributed by atoms with E-state index in [0.29, 0.717) is 6.04 Å². The largest absolute Gasteiger partial charge is 0.497 e. The van der Waals surface area contributed by atoms with Gasteiger partial charge < -0.3 is 20.1 Å². The molecule has 0 radical (unpaired) electrons. The zero-order valence-corrected chi connectivity index (χ0v) is 15.6. The lowest BCUT2D eigenvalue weighted by Crippen LogP contribution is -2.49. The molecule has 0 spiro atoms. The Labute approximate surface area is 155 Å². The molecule has 3 rings (SSSR count). The number of hydrogen-bond donors (Lipinski definition) is 2. The van der Waals surface area contributed by atoms with Crippen molar-refractivity contribution in [3.8, 4) is 5.75 Å². The molecular weight excluding hydrogens is 384 g/mol. The summed E-state index contributed by atoms with van der Waals surface area (Å²) < 4.78 is 11.5. The van der Waals surface area contributed by atoms with E-state index < -0.39 is 0 Å². The number of hydrogen-bond acceptors (Lipinski definition) is 4. The van der Waals surface area contributed by atoms with Gasteiger partial charge in [0.25, 0.3) is 0 Å². The van der Waals surface area contributed by atoms with Crippen molar-refractivity contribution >= 4 is 27.7 Å². The average Bonchev–Trinajstić information content (AvgIpc) is 2.60. The van der Waals surface area contributed by atoms with Crippen LogP contribution in [0, 0.1) is 0 Å². The highest BCUT2D eigenvalue weighted by Crippen LogP contribution is 2.31. The van der Waals surface area contributed by atoms with Crippen LogP contribution < -0.4 is 15.4 Å². The van der Waals surface area contributed by atoms with Crippen LogP contribution in [-0.2, 0) is 11.3 Å². The van der Waals surface area contributed by atoms with E-state index in [-0.39, 0.29) is 18.7 Å². The first-order valence-corrected chi connectivity index (χ1v) is 9.00. The summed E-state index contributed by atoms with van der Waals surface area (Å²) >= 11 is 3.53. The molecule has 0 bridgehead atoms. The van der Waals surface area contributed by atoms with E-state index in [4.69, 9.17) is 9.47 Å². The predicted octanol–water partition coefficient (Wildman–Crippen LogP) is 4.33.